The molecule has 0 amide bonds. The number of rotatable bonds is 1. The van der Waals surface area contributed by atoms with Gasteiger partial charge in [-0.05, 0) is 12.2 Å². The van der Waals surface area contributed by atoms with Crippen molar-refractivity contribution >= 4 is 18.0 Å². The third kappa shape index (κ3) is 1.22. The number of carbonyl (C=O) groups is 1. The van der Waals surface area contributed by atoms with Crippen molar-refractivity contribution in [3.63, 3.8) is 0 Å². The Balaban J connectivity index is 2.51. The lowest BCUT2D eigenvalue weighted by Crippen LogP contribution is -2.09. The summed E-state index contributed by atoms with van der Waals surface area (Å²) in [5.41, 5.74) is 2.64. The molecule has 2 rings (SSSR count). The van der Waals surface area contributed by atoms with Crippen LogP contribution < -0.4 is 0 Å². The van der Waals surface area contributed by atoms with Gasteiger partial charge in [-0.1, -0.05) is 0 Å². The number of aldehydes is 1. The Hall–Kier alpha value is -0.900. The standard InChI is InChI=1S/C8H8N2OS/c11-3-8-6-4-12-2-1-7(6)9-5-10-8/h3,5H,1-2,4H2. The smallest absolute Gasteiger partial charge is 0.168 e. The Labute approximate surface area is 74.6 Å². The van der Waals surface area contributed by atoms with Crippen LogP contribution in [0.2, 0.25) is 0 Å². The van der Waals surface area contributed by atoms with Crippen LogP contribution in [-0.2, 0) is 12.2 Å². The van der Waals surface area contributed by atoms with Crippen molar-refractivity contribution in [1.82, 2.24) is 9.97 Å². The molecular weight excluding hydrogens is 172 g/mol. The van der Waals surface area contributed by atoms with Gasteiger partial charge in [0.05, 0.1) is 0 Å². The summed E-state index contributed by atoms with van der Waals surface area (Å²) in [6, 6.07) is 0. The number of hydrogen-bond acceptors (Lipinski definition) is 4. The molecular formula is C8H8N2OS. The predicted molar refractivity (Wildman–Crippen MR) is 47.3 cm³/mol. The fourth-order valence-electron chi connectivity index (χ4n) is 1.28. The summed E-state index contributed by atoms with van der Waals surface area (Å²) in [5, 5.41) is 0. The van der Waals surface area contributed by atoms with Gasteiger partial charge in [0.15, 0.2) is 6.29 Å². The first-order chi connectivity index (χ1) is 5.92. The van der Waals surface area contributed by atoms with Crippen molar-refractivity contribution in [2.24, 2.45) is 0 Å². The highest BCUT2D eigenvalue weighted by atomic mass is 32.2. The first kappa shape index (κ1) is 7.73. The van der Waals surface area contributed by atoms with Gasteiger partial charge in [-0.2, -0.15) is 11.8 Å². The largest absolute Gasteiger partial charge is 0.296 e. The van der Waals surface area contributed by atoms with Gasteiger partial charge in [0.25, 0.3) is 0 Å². The van der Waals surface area contributed by atoms with E-state index in [1.54, 1.807) is 0 Å². The maximum atomic E-state index is 10.6. The number of hydrogen-bond donors (Lipinski definition) is 0. The van der Waals surface area contributed by atoms with Gasteiger partial charge < -0.3 is 0 Å². The van der Waals surface area contributed by atoms with E-state index in [4.69, 9.17) is 0 Å². The molecule has 1 aliphatic heterocycles. The zero-order valence-electron chi connectivity index (χ0n) is 6.49. The molecule has 0 radical (unpaired) electrons. The monoisotopic (exact) mass is 180 g/mol. The lowest BCUT2D eigenvalue weighted by atomic mass is 10.1. The predicted octanol–water partition coefficient (Wildman–Crippen LogP) is 1.08. The molecule has 0 atom stereocenters. The van der Waals surface area contributed by atoms with Gasteiger partial charge in [0.1, 0.15) is 12.0 Å². The van der Waals surface area contributed by atoms with E-state index in [2.05, 4.69) is 9.97 Å². The molecule has 0 saturated heterocycles. The average molecular weight is 180 g/mol. The number of aryl methyl sites for hydroxylation is 1. The van der Waals surface area contributed by atoms with Gasteiger partial charge in [0, 0.05) is 17.0 Å². The minimum atomic E-state index is 0.562. The second-order valence-corrected chi connectivity index (χ2v) is 3.71. The highest BCUT2D eigenvalue weighted by Gasteiger charge is 2.14. The van der Waals surface area contributed by atoms with Crippen molar-refractivity contribution in [2.75, 3.05) is 5.75 Å². The fourth-order valence-corrected chi connectivity index (χ4v) is 2.28. The number of carbonyl (C=O) groups excluding carboxylic acids is 1. The SMILES string of the molecule is O=Cc1ncnc2c1CSCC2. The van der Waals surface area contributed by atoms with Crippen molar-refractivity contribution in [2.45, 2.75) is 12.2 Å². The molecule has 0 saturated carbocycles. The van der Waals surface area contributed by atoms with Crippen LogP contribution in [0.4, 0.5) is 0 Å². The molecule has 0 fully saturated rings. The fraction of sp³-hybridized carbons (Fsp3) is 0.375. The van der Waals surface area contributed by atoms with Crippen LogP contribution in [0.3, 0.4) is 0 Å². The lowest BCUT2D eigenvalue weighted by molar-refractivity contribution is 0.111. The van der Waals surface area contributed by atoms with Gasteiger partial charge >= 0.3 is 0 Å². The molecule has 2 heterocycles. The lowest BCUT2D eigenvalue weighted by Gasteiger charge is -2.14. The minimum absolute atomic E-state index is 0.562. The average Bonchev–Trinajstić information content (AvgIpc) is 2.17. The van der Waals surface area contributed by atoms with Crippen LogP contribution in [0.25, 0.3) is 0 Å². The van der Waals surface area contributed by atoms with Gasteiger partial charge in [-0.3, -0.25) is 4.79 Å². The Morgan fingerprint density at radius 1 is 1.50 bits per heavy atom. The van der Waals surface area contributed by atoms with Crippen LogP contribution >= 0.6 is 11.8 Å². The van der Waals surface area contributed by atoms with Crippen molar-refractivity contribution < 1.29 is 4.79 Å². The third-order valence-electron chi connectivity index (χ3n) is 1.91. The summed E-state index contributed by atoms with van der Waals surface area (Å²) < 4.78 is 0. The summed E-state index contributed by atoms with van der Waals surface area (Å²) in [7, 11) is 0. The van der Waals surface area contributed by atoms with E-state index in [0.717, 1.165) is 35.5 Å². The third-order valence-corrected chi connectivity index (χ3v) is 2.89. The quantitative estimate of drug-likeness (QED) is 0.606. The van der Waals surface area contributed by atoms with Crippen LogP contribution in [-0.4, -0.2) is 22.0 Å². The van der Waals surface area contributed by atoms with Gasteiger partial charge in [-0.25, -0.2) is 9.97 Å². The summed E-state index contributed by atoms with van der Waals surface area (Å²) in [5.74, 6) is 1.98. The van der Waals surface area contributed by atoms with Crippen molar-refractivity contribution in [3.8, 4) is 0 Å². The summed E-state index contributed by atoms with van der Waals surface area (Å²) in [6.45, 7) is 0. The molecule has 12 heavy (non-hydrogen) atoms. The molecule has 0 unspecified atom stereocenters. The van der Waals surface area contributed by atoms with E-state index in [-0.39, 0.29) is 0 Å². The minimum Gasteiger partial charge on any atom is -0.296 e. The van der Waals surface area contributed by atoms with E-state index < -0.39 is 0 Å². The zero-order chi connectivity index (χ0) is 8.39. The van der Waals surface area contributed by atoms with E-state index >= 15 is 0 Å². The molecule has 1 aromatic rings. The normalized spacial score (nSPS) is 15.3. The maximum Gasteiger partial charge on any atom is 0.168 e. The number of thioether (sulfide) groups is 1. The highest BCUT2D eigenvalue weighted by Crippen LogP contribution is 2.23. The molecule has 62 valence electrons. The molecule has 0 spiro atoms. The molecule has 1 aliphatic rings. The van der Waals surface area contributed by atoms with Crippen LogP contribution in [0, 0.1) is 0 Å². The molecule has 0 bridgehead atoms. The topological polar surface area (TPSA) is 42.9 Å². The van der Waals surface area contributed by atoms with Crippen LogP contribution in [0.1, 0.15) is 21.7 Å². The summed E-state index contributed by atoms with van der Waals surface area (Å²) >= 11 is 1.83. The van der Waals surface area contributed by atoms with Crippen molar-refractivity contribution in [3.05, 3.63) is 23.3 Å². The second-order valence-electron chi connectivity index (χ2n) is 2.60. The molecule has 0 N–H and O–H groups in total. The number of aromatic nitrogens is 2. The first-order valence-electron chi connectivity index (χ1n) is 3.77. The summed E-state index contributed by atoms with van der Waals surface area (Å²) in [6.07, 6.45) is 3.24. The van der Waals surface area contributed by atoms with E-state index in [0.29, 0.717) is 5.69 Å². The molecule has 1 aromatic heterocycles. The molecule has 3 nitrogen and oxygen atoms in total. The number of nitrogens with zero attached hydrogens (tertiary/aromatic N) is 2. The van der Waals surface area contributed by atoms with Gasteiger partial charge in [0.2, 0.25) is 0 Å². The Kier molecular flexibility index (Phi) is 2.08. The first-order valence-corrected chi connectivity index (χ1v) is 4.93. The zero-order valence-corrected chi connectivity index (χ0v) is 7.30. The maximum absolute atomic E-state index is 10.6. The van der Waals surface area contributed by atoms with Crippen LogP contribution in [0.5, 0.6) is 0 Å². The Morgan fingerprint density at radius 3 is 3.25 bits per heavy atom. The van der Waals surface area contributed by atoms with E-state index in [1.165, 1.54) is 6.33 Å². The van der Waals surface area contributed by atoms with E-state index in [9.17, 15) is 4.79 Å². The molecule has 0 aromatic carbocycles. The summed E-state index contributed by atoms with van der Waals surface area (Å²) in [4.78, 5) is 18.6. The van der Waals surface area contributed by atoms with E-state index in [1.807, 2.05) is 11.8 Å². The molecule has 0 aliphatic carbocycles. The Morgan fingerprint density at radius 2 is 2.42 bits per heavy atom. The second kappa shape index (κ2) is 3.23. The number of fused-ring (bicyclic) bond motifs is 1. The molecule has 4 heteroatoms. The van der Waals surface area contributed by atoms with Crippen LogP contribution in [0.15, 0.2) is 6.33 Å². The van der Waals surface area contributed by atoms with Crippen molar-refractivity contribution in [1.29, 1.82) is 0 Å². The highest BCUT2D eigenvalue weighted by molar-refractivity contribution is 7.98. The van der Waals surface area contributed by atoms with Gasteiger partial charge in [-0.15, -0.1) is 0 Å². The Bertz CT molecular complexity index is 314.